The highest BCUT2D eigenvalue weighted by atomic mass is 35.5. The number of para-hydroxylation sites is 1. The van der Waals surface area contributed by atoms with Gasteiger partial charge in [-0.25, -0.2) is 0 Å². The second-order valence-corrected chi connectivity index (χ2v) is 8.03. The van der Waals surface area contributed by atoms with Gasteiger partial charge in [-0.05, 0) is 69.2 Å². The van der Waals surface area contributed by atoms with E-state index in [4.69, 9.17) is 16.3 Å². The molecule has 0 radical (unpaired) electrons. The van der Waals surface area contributed by atoms with Crippen LogP contribution in [0.25, 0.3) is 0 Å². The van der Waals surface area contributed by atoms with Crippen LogP contribution in [-0.2, 0) is 0 Å². The third-order valence-corrected chi connectivity index (χ3v) is 6.51. The molecule has 2 aliphatic heterocycles. The maximum absolute atomic E-state index is 6.30. The average Bonchev–Trinajstić information content (AvgIpc) is 2.72. The number of piperidine rings is 1. The predicted octanol–water partition coefficient (Wildman–Crippen LogP) is 5.62. The number of nitrogens with zero attached hydrogens (tertiary/aromatic N) is 1. The first-order valence-corrected chi connectivity index (χ1v) is 9.38. The molecule has 1 fully saturated rings. The molecule has 1 atom stereocenters. The molecule has 4 rings (SSSR count). The van der Waals surface area contributed by atoms with Crippen molar-refractivity contribution in [2.45, 2.75) is 23.0 Å². The lowest BCUT2D eigenvalue weighted by molar-refractivity contribution is 0.216. The molecular formula is C19H20ClNOS. The van der Waals surface area contributed by atoms with Gasteiger partial charge in [-0.2, -0.15) is 0 Å². The fraction of sp³-hybridized carbons (Fsp3) is 0.368. The fourth-order valence-electron chi connectivity index (χ4n) is 3.47. The molecule has 0 bridgehead atoms. The van der Waals surface area contributed by atoms with Gasteiger partial charge in [0.05, 0.1) is 4.90 Å². The summed E-state index contributed by atoms with van der Waals surface area (Å²) in [7, 11) is 2.21. The smallest absolute Gasteiger partial charge is 0.141 e. The minimum absolute atomic E-state index is 0.404. The van der Waals surface area contributed by atoms with Gasteiger partial charge in [0.25, 0.3) is 0 Å². The Morgan fingerprint density at radius 2 is 1.87 bits per heavy atom. The van der Waals surface area contributed by atoms with E-state index in [1.807, 2.05) is 30.0 Å². The summed E-state index contributed by atoms with van der Waals surface area (Å²) in [4.78, 5) is 3.64. The summed E-state index contributed by atoms with van der Waals surface area (Å²) in [5.41, 5.74) is 1.24. The number of halogens is 1. The second-order valence-electron chi connectivity index (χ2n) is 6.41. The molecule has 120 valence electrons. The molecule has 0 saturated carbocycles. The Kier molecular flexibility index (Phi) is 4.27. The summed E-state index contributed by atoms with van der Waals surface area (Å²) in [6.45, 7) is 2.33. The van der Waals surface area contributed by atoms with Gasteiger partial charge in [-0.3, -0.25) is 0 Å². The molecule has 2 aromatic carbocycles. The maximum Gasteiger partial charge on any atom is 0.141 e. The van der Waals surface area contributed by atoms with Gasteiger partial charge in [0.1, 0.15) is 11.5 Å². The first-order valence-electron chi connectivity index (χ1n) is 8.12. The third-order valence-electron chi connectivity index (χ3n) is 4.79. The number of hydrogen-bond acceptors (Lipinski definition) is 3. The van der Waals surface area contributed by atoms with E-state index in [9.17, 15) is 0 Å². The highest BCUT2D eigenvalue weighted by molar-refractivity contribution is 7.99. The lowest BCUT2D eigenvalue weighted by atomic mass is 9.89. The molecule has 0 amide bonds. The van der Waals surface area contributed by atoms with Gasteiger partial charge in [0, 0.05) is 15.8 Å². The van der Waals surface area contributed by atoms with Crippen molar-refractivity contribution >= 4 is 23.4 Å². The normalized spacial score (nSPS) is 21.9. The van der Waals surface area contributed by atoms with Crippen molar-refractivity contribution < 1.29 is 4.74 Å². The van der Waals surface area contributed by atoms with Gasteiger partial charge in [-0.15, -0.1) is 11.8 Å². The van der Waals surface area contributed by atoms with Gasteiger partial charge < -0.3 is 9.64 Å². The SMILES string of the molecule is CN1CCC([C@@H]2Sc3ccccc3Oc3ccc(Cl)cc32)CC1. The Balaban J connectivity index is 1.76. The van der Waals surface area contributed by atoms with Gasteiger partial charge in [0.2, 0.25) is 0 Å². The fourth-order valence-corrected chi connectivity index (χ4v) is 5.08. The van der Waals surface area contributed by atoms with Gasteiger partial charge in [0.15, 0.2) is 0 Å². The number of fused-ring (bicyclic) bond motifs is 2. The van der Waals surface area contributed by atoms with E-state index in [2.05, 4.69) is 36.2 Å². The van der Waals surface area contributed by atoms with Crippen LogP contribution in [0.5, 0.6) is 11.5 Å². The van der Waals surface area contributed by atoms with Crippen molar-refractivity contribution in [2.75, 3.05) is 20.1 Å². The molecule has 1 saturated heterocycles. The van der Waals surface area contributed by atoms with Crippen LogP contribution < -0.4 is 4.74 Å². The number of ether oxygens (including phenoxy) is 1. The molecule has 0 aromatic heterocycles. The molecule has 2 aromatic rings. The lowest BCUT2D eigenvalue weighted by Crippen LogP contribution is -2.32. The van der Waals surface area contributed by atoms with Crippen LogP contribution >= 0.6 is 23.4 Å². The highest BCUT2D eigenvalue weighted by Gasteiger charge is 2.32. The van der Waals surface area contributed by atoms with E-state index in [1.165, 1.54) is 36.4 Å². The van der Waals surface area contributed by atoms with Crippen molar-refractivity contribution in [2.24, 2.45) is 5.92 Å². The van der Waals surface area contributed by atoms with Crippen molar-refractivity contribution in [3.05, 3.63) is 53.1 Å². The highest BCUT2D eigenvalue weighted by Crippen LogP contribution is 2.53. The van der Waals surface area contributed by atoms with Crippen LogP contribution in [0.2, 0.25) is 5.02 Å². The average molecular weight is 346 g/mol. The van der Waals surface area contributed by atoms with E-state index >= 15 is 0 Å². The van der Waals surface area contributed by atoms with Crippen molar-refractivity contribution in [3.8, 4) is 11.5 Å². The Morgan fingerprint density at radius 1 is 1.09 bits per heavy atom. The van der Waals surface area contributed by atoms with E-state index in [0.717, 1.165) is 16.5 Å². The van der Waals surface area contributed by atoms with Crippen LogP contribution in [0.15, 0.2) is 47.4 Å². The van der Waals surface area contributed by atoms with Crippen LogP contribution in [0.1, 0.15) is 23.7 Å². The molecule has 23 heavy (non-hydrogen) atoms. The van der Waals surface area contributed by atoms with E-state index in [-0.39, 0.29) is 0 Å². The third kappa shape index (κ3) is 3.10. The maximum atomic E-state index is 6.30. The molecule has 0 N–H and O–H groups in total. The molecule has 0 spiro atoms. The monoisotopic (exact) mass is 345 g/mol. The summed E-state index contributed by atoms with van der Waals surface area (Å²) in [5, 5.41) is 1.19. The first-order chi connectivity index (χ1) is 11.2. The van der Waals surface area contributed by atoms with Crippen molar-refractivity contribution in [3.63, 3.8) is 0 Å². The number of rotatable bonds is 1. The predicted molar refractivity (Wildman–Crippen MR) is 96.8 cm³/mol. The number of thioether (sulfide) groups is 1. The summed E-state index contributed by atoms with van der Waals surface area (Å²) in [6.07, 6.45) is 2.45. The number of benzene rings is 2. The standard InChI is InChI=1S/C19H20ClNOS/c1-21-10-8-13(9-11-21)19-15-12-14(20)6-7-16(15)22-17-4-2-3-5-18(17)23-19/h2-7,12-13,19H,8-11H2,1H3/t19-/m0/s1. The second kappa shape index (κ2) is 6.39. The zero-order chi connectivity index (χ0) is 15.8. The van der Waals surface area contributed by atoms with E-state index in [0.29, 0.717) is 11.2 Å². The minimum Gasteiger partial charge on any atom is -0.456 e. The molecule has 2 aliphatic rings. The Labute approximate surface area is 146 Å². The molecule has 2 heterocycles. The lowest BCUT2D eigenvalue weighted by Gasteiger charge is -2.34. The van der Waals surface area contributed by atoms with Crippen LogP contribution in [-0.4, -0.2) is 25.0 Å². The summed E-state index contributed by atoms with van der Waals surface area (Å²) in [6, 6.07) is 14.4. The van der Waals surface area contributed by atoms with E-state index < -0.39 is 0 Å². The quantitative estimate of drug-likeness (QED) is 0.665. The van der Waals surface area contributed by atoms with Crippen molar-refractivity contribution in [1.29, 1.82) is 0 Å². The van der Waals surface area contributed by atoms with Gasteiger partial charge >= 0.3 is 0 Å². The van der Waals surface area contributed by atoms with Crippen molar-refractivity contribution in [1.82, 2.24) is 4.90 Å². The van der Waals surface area contributed by atoms with E-state index in [1.54, 1.807) is 0 Å². The van der Waals surface area contributed by atoms with Crippen LogP contribution in [0, 0.1) is 5.92 Å². The summed E-state index contributed by atoms with van der Waals surface area (Å²) >= 11 is 8.23. The minimum atomic E-state index is 0.404. The zero-order valence-electron chi connectivity index (χ0n) is 13.2. The summed E-state index contributed by atoms with van der Waals surface area (Å²) in [5.74, 6) is 2.57. The topological polar surface area (TPSA) is 12.5 Å². The van der Waals surface area contributed by atoms with Crippen LogP contribution in [0.4, 0.5) is 0 Å². The molecular weight excluding hydrogens is 326 g/mol. The van der Waals surface area contributed by atoms with Gasteiger partial charge in [-0.1, -0.05) is 23.7 Å². The number of hydrogen-bond donors (Lipinski definition) is 0. The molecule has 0 unspecified atom stereocenters. The summed E-state index contributed by atoms with van der Waals surface area (Å²) < 4.78 is 6.21. The number of likely N-dealkylation sites (tertiary alicyclic amines) is 1. The molecule has 0 aliphatic carbocycles. The zero-order valence-corrected chi connectivity index (χ0v) is 14.7. The Morgan fingerprint density at radius 3 is 2.70 bits per heavy atom. The molecule has 2 nitrogen and oxygen atoms in total. The largest absolute Gasteiger partial charge is 0.456 e. The Hall–Kier alpha value is -1.16. The Bertz CT molecular complexity index is 712. The van der Waals surface area contributed by atoms with Crippen LogP contribution in [0.3, 0.4) is 0 Å². The first kappa shape index (κ1) is 15.4. The molecule has 4 heteroatoms.